The van der Waals surface area contributed by atoms with Crippen molar-refractivity contribution in [1.29, 1.82) is 0 Å². The summed E-state index contributed by atoms with van der Waals surface area (Å²) in [5.74, 6) is 2.19. The average molecular weight is 463 g/mol. The highest BCUT2D eigenvalue weighted by molar-refractivity contribution is 5.82. The third-order valence-corrected chi connectivity index (χ3v) is 6.43. The van der Waals surface area contributed by atoms with Crippen LogP contribution in [0.4, 0.5) is 21.8 Å². The van der Waals surface area contributed by atoms with E-state index in [4.69, 9.17) is 4.74 Å². The Morgan fingerprint density at radius 1 is 1.06 bits per heavy atom. The molecule has 0 bridgehead atoms. The number of aromatic nitrogens is 5. The van der Waals surface area contributed by atoms with Gasteiger partial charge >= 0.3 is 6.01 Å². The average Bonchev–Trinajstić information content (AvgIpc) is 3.45. The van der Waals surface area contributed by atoms with Crippen LogP contribution in [-0.2, 0) is 0 Å². The number of anilines is 3. The Hall–Kier alpha value is -3.66. The fraction of sp³-hybridized carbons (Fsp3) is 0.375. The molecule has 4 heterocycles. The molecule has 34 heavy (non-hydrogen) atoms. The number of piperazine rings is 1. The molecule has 2 fully saturated rings. The minimum Gasteiger partial charge on any atom is -0.421 e. The highest BCUT2D eigenvalue weighted by Crippen LogP contribution is 2.40. The van der Waals surface area contributed by atoms with E-state index >= 15 is 4.39 Å². The molecule has 0 unspecified atom stereocenters. The number of hydrogen-bond donors (Lipinski definition) is 3. The van der Waals surface area contributed by atoms with E-state index in [1.807, 2.05) is 19.1 Å². The quantitative estimate of drug-likeness (QED) is 0.393. The van der Waals surface area contributed by atoms with E-state index < -0.39 is 5.82 Å². The summed E-state index contributed by atoms with van der Waals surface area (Å²) in [6.07, 6.45) is 2.38. The maximum atomic E-state index is 15.2. The molecule has 176 valence electrons. The van der Waals surface area contributed by atoms with Gasteiger partial charge in [0.1, 0.15) is 11.6 Å². The number of likely N-dealkylation sites (N-methyl/N-ethyl adjacent to an activating group) is 1. The molecule has 0 radical (unpaired) electrons. The first kappa shape index (κ1) is 20.9. The van der Waals surface area contributed by atoms with Crippen LogP contribution >= 0.6 is 0 Å². The van der Waals surface area contributed by atoms with Gasteiger partial charge in [-0.3, -0.25) is 5.10 Å². The summed E-state index contributed by atoms with van der Waals surface area (Å²) in [5.41, 5.74) is 2.74. The second-order valence-electron chi connectivity index (χ2n) is 9.19. The highest BCUT2D eigenvalue weighted by Gasteiger charge is 2.26. The molecule has 1 saturated carbocycles. The van der Waals surface area contributed by atoms with Crippen LogP contribution in [0.2, 0.25) is 0 Å². The Bertz CT molecular complexity index is 1340. The monoisotopic (exact) mass is 462 g/mol. The van der Waals surface area contributed by atoms with Crippen LogP contribution in [0.1, 0.15) is 30.1 Å². The first-order valence-corrected chi connectivity index (χ1v) is 11.6. The Kier molecular flexibility index (Phi) is 5.09. The number of aromatic amines is 2. The lowest BCUT2D eigenvalue weighted by Gasteiger charge is -2.33. The lowest BCUT2D eigenvalue weighted by atomic mass is 10.2. The zero-order valence-corrected chi connectivity index (χ0v) is 19.2. The van der Waals surface area contributed by atoms with Gasteiger partial charge in [0.15, 0.2) is 17.4 Å². The molecule has 0 atom stereocenters. The fourth-order valence-electron chi connectivity index (χ4n) is 4.32. The lowest BCUT2D eigenvalue weighted by Crippen LogP contribution is -2.44. The minimum absolute atomic E-state index is 0.0855. The standard InChI is InChI=1S/C24H27FN8O/c1-14-11-16-17(26-14)5-6-19(23(16)25)34-24-28-20(27-21-12-18(30-31-21)15-3-4-15)13-22(29-24)33-9-7-32(2)8-10-33/h5-6,11-13,15,26H,3-4,7-10H2,1-2H3,(H2,27,28,29,30,31). The minimum atomic E-state index is -0.439. The molecular weight excluding hydrogens is 435 g/mol. The first-order chi connectivity index (χ1) is 16.5. The van der Waals surface area contributed by atoms with Gasteiger partial charge in [-0.05, 0) is 45.0 Å². The summed E-state index contributed by atoms with van der Waals surface area (Å²) < 4.78 is 21.0. The van der Waals surface area contributed by atoms with E-state index in [0.29, 0.717) is 22.9 Å². The third kappa shape index (κ3) is 4.16. The molecule has 0 amide bonds. The van der Waals surface area contributed by atoms with Gasteiger partial charge in [0.2, 0.25) is 0 Å². The molecule has 6 rings (SSSR count). The van der Waals surface area contributed by atoms with Crippen LogP contribution in [0.25, 0.3) is 10.9 Å². The second-order valence-corrected chi connectivity index (χ2v) is 9.19. The number of rotatable bonds is 6. The van der Waals surface area contributed by atoms with Gasteiger partial charge in [-0.1, -0.05) is 0 Å². The topological polar surface area (TPSA) is 98.0 Å². The van der Waals surface area contributed by atoms with Gasteiger partial charge in [-0.25, -0.2) is 4.39 Å². The maximum absolute atomic E-state index is 15.2. The molecule has 3 N–H and O–H groups in total. The Labute approximate surface area is 196 Å². The second kappa shape index (κ2) is 8.28. The Morgan fingerprint density at radius 3 is 2.68 bits per heavy atom. The normalized spacial score (nSPS) is 16.9. The molecule has 1 aromatic carbocycles. The maximum Gasteiger partial charge on any atom is 0.326 e. The first-order valence-electron chi connectivity index (χ1n) is 11.6. The molecule has 3 aromatic heterocycles. The van der Waals surface area contributed by atoms with Crippen molar-refractivity contribution in [3.8, 4) is 11.8 Å². The van der Waals surface area contributed by atoms with Crippen molar-refractivity contribution in [3.63, 3.8) is 0 Å². The number of halogens is 1. The van der Waals surface area contributed by atoms with E-state index in [1.165, 1.54) is 12.8 Å². The zero-order valence-electron chi connectivity index (χ0n) is 19.2. The molecule has 9 nitrogen and oxygen atoms in total. The zero-order chi connectivity index (χ0) is 23.2. The largest absolute Gasteiger partial charge is 0.421 e. The third-order valence-electron chi connectivity index (χ3n) is 6.43. The number of H-pyrrole nitrogens is 2. The van der Waals surface area contributed by atoms with Crippen molar-refractivity contribution in [1.82, 2.24) is 30.0 Å². The van der Waals surface area contributed by atoms with Gasteiger partial charge in [0.25, 0.3) is 0 Å². The summed E-state index contributed by atoms with van der Waals surface area (Å²) in [6, 6.07) is 9.15. The van der Waals surface area contributed by atoms with Crippen molar-refractivity contribution in [3.05, 3.63) is 47.5 Å². The SMILES string of the molecule is Cc1cc2c(F)c(Oc3nc(Nc4cc(C5CC5)[nH]n4)cc(N4CCN(C)CC4)n3)ccc2[nH]1. The number of aryl methyl sites for hydroxylation is 1. The highest BCUT2D eigenvalue weighted by atomic mass is 19.1. The fourth-order valence-corrected chi connectivity index (χ4v) is 4.32. The summed E-state index contributed by atoms with van der Waals surface area (Å²) in [6.45, 7) is 5.44. The van der Waals surface area contributed by atoms with Gasteiger partial charge in [0.05, 0.1) is 0 Å². The molecule has 0 spiro atoms. The Balaban J connectivity index is 1.32. The summed E-state index contributed by atoms with van der Waals surface area (Å²) >= 11 is 0. The van der Waals surface area contributed by atoms with E-state index in [1.54, 1.807) is 18.2 Å². The van der Waals surface area contributed by atoms with Crippen molar-refractivity contribution < 1.29 is 9.13 Å². The predicted octanol–water partition coefficient (Wildman–Crippen LogP) is 4.29. The van der Waals surface area contributed by atoms with Gasteiger partial charge < -0.3 is 24.8 Å². The summed E-state index contributed by atoms with van der Waals surface area (Å²) in [4.78, 5) is 16.7. The number of benzene rings is 1. The van der Waals surface area contributed by atoms with Crippen LogP contribution in [-0.4, -0.2) is 63.3 Å². The van der Waals surface area contributed by atoms with E-state index in [0.717, 1.165) is 48.9 Å². The van der Waals surface area contributed by atoms with Gasteiger partial charge in [-0.2, -0.15) is 15.1 Å². The van der Waals surface area contributed by atoms with Crippen molar-refractivity contribution >= 4 is 28.4 Å². The van der Waals surface area contributed by atoms with E-state index in [2.05, 4.69) is 47.3 Å². The molecule has 4 aromatic rings. The lowest BCUT2D eigenvalue weighted by molar-refractivity contribution is 0.311. The number of nitrogens with one attached hydrogen (secondary N) is 3. The Morgan fingerprint density at radius 2 is 1.88 bits per heavy atom. The summed E-state index contributed by atoms with van der Waals surface area (Å²) in [5, 5.41) is 11.2. The van der Waals surface area contributed by atoms with Crippen LogP contribution in [0.5, 0.6) is 11.8 Å². The van der Waals surface area contributed by atoms with Crippen LogP contribution in [0.3, 0.4) is 0 Å². The van der Waals surface area contributed by atoms with Crippen molar-refractivity contribution in [2.45, 2.75) is 25.7 Å². The number of hydrogen-bond acceptors (Lipinski definition) is 7. The molecule has 10 heteroatoms. The van der Waals surface area contributed by atoms with Crippen LogP contribution < -0.4 is 15.0 Å². The molecule has 1 aliphatic heterocycles. The molecule has 1 saturated heterocycles. The molecule has 1 aliphatic carbocycles. The van der Waals surface area contributed by atoms with Gasteiger partial charge in [0, 0.05) is 66.5 Å². The van der Waals surface area contributed by atoms with Crippen LogP contribution in [0.15, 0.2) is 30.3 Å². The van der Waals surface area contributed by atoms with Crippen molar-refractivity contribution in [2.75, 3.05) is 43.4 Å². The van der Waals surface area contributed by atoms with Crippen molar-refractivity contribution in [2.24, 2.45) is 0 Å². The summed E-state index contributed by atoms with van der Waals surface area (Å²) in [7, 11) is 2.11. The number of ether oxygens (including phenoxy) is 1. The number of fused-ring (bicyclic) bond motifs is 1. The molecular formula is C24H27FN8O. The van der Waals surface area contributed by atoms with E-state index in [-0.39, 0.29) is 11.8 Å². The molecule has 2 aliphatic rings. The van der Waals surface area contributed by atoms with E-state index in [9.17, 15) is 0 Å². The smallest absolute Gasteiger partial charge is 0.326 e. The van der Waals surface area contributed by atoms with Crippen LogP contribution in [0, 0.1) is 12.7 Å². The predicted molar refractivity (Wildman–Crippen MR) is 129 cm³/mol. The van der Waals surface area contributed by atoms with Gasteiger partial charge in [-0.15, -0.1) is 0 Å². The number of nitrogens with zero attached hydrogens (tertiary/aromatic N) is 5.